The first kappa shape index (κ1) is 15.0. The lowest BCUT2D eigenvalue weighted by molar-refractivity contribution is -0.147. The zero-order valence-corrected chi connectivity index (χ0v) is 11.9. The number of nitrogens with one attached hydrogen (secondary N) is 1. The van der Waals surface area contributed by atoms with Crippen molar-refractivity contribution in [1.29, 1.82) is 0 Å². The predicted octanol–water partition coefficient (Wildman–Crippen LogP) is 0.437. The molecule has 0 bridgehead atoms. The second kappa shape index (κ2) is 6.34. The van der Waals surface area contributed by atoms with Crippen molar-refractivity contribution in [2.24, 2.45) is 0 Å². The molecular formula is C13H17NO5S. The molecule has 2 rings (SSSR count). The quantitative estimate of drug-likeness (QED) is 0.627. The molecule has 1 aromatic carbocycles. The average molecular weight is 299 g/mol. The SMILES string of the molecule is CS(=O)(=O)O[C@@H]1CN[C@H](C(=O)OCc2ccccc2)C1. The third-order valence-corrected chi connectivity index (χ3v) is 3.53. The molecule has 1 N–H and O–H groups in total. The highest BCUT2D eigenvalue weighted by Gasteiger charge is 2.33. The summed E-state index contributed by atoms with van der Waals surface area (Å²) in [6.45, 7) is 0.521. The van der Waals surface area contributed by atoms with Crippen LogP contribution in [-0.4, -0.2) is 39.3 Å². The molecule has 0 amide bonds. The molecule has 0 aromatic heterocycles. The number of carbonyl (C=O) groups excluding carboxylic acids is 1. The summed E-state index contributed by atoms with van der Waals surface area (Å²) in [5.41, 5.74) is 0.905. The van der Waals surface area contributed by atoms with Gasteiger partial charge in [-0.3, -0.25) is 8.98 Å². The second-order valence-corrected chi connectivity index (χ2v) is 6.31. The van der Waals surface area contributed by atoms with Crippen molar-refractivity contribution in [2.45, 2.75) is 25.2 Å². The van der Waals surface area contributed by atoms with Crippen molar-refractivity contribution in [3.8, 4) is 0 Å². The number of benzene rings is 1. The highest BCUT2D eigenvalue weighted by atomic mass is 32.2. The summed E-state index contributed by atoms with van der Waals surface area (Å²) in [4.78, 5) is 11.8. The summed E-state index contributed by atoms with van der Waals surface area (Å²) in [7, 11) is -3.50. The van der Waals surface area contributed by atoms with E-state index >= 15 is 0 Å². The minimum absolute atomic E-state index is 0.204. The fourth-order valence-corrected chi connectivity index (χ4v) is 2.67. The third-order valence-electron chi connectivity index (χ3n) is 2.91. The maximum atomic E-state index is 11.8. The predicted molar refractivity (Wildman–Crippen MR) is 72.4 cm³/mol. The summed E-state index contributed by atoms with van der Waals surface area (Å²) in [5, 5.41) is 2.90. The van der Waals surface area contributed by atoms with E-state index in [1.54, 1.807) is 0 Å². The average Bonchev–Trinajstić information content (AvgIpc) is 2.83. The van der Waals surface area contributed by atoms with Crippen LogP contribution in [0.4, 0.5) is 0 Å². The molecule has 1 heterocycles. The van der Waals surface area contributed by atoms with Gasteiger partial charge in [0, 0.05) is 13.0 Å². The van der Waals surface area contributed by atoms with Crippen molar-refractivity contribution < 1.29 is 22.1 Å². The standard InChI is InChI=1S/C13H17NO5S/c1-20(16,17)19-11-7-12(14-8-11)13(15)18-9-10-5-3-2-4-6-10/h2-6,11-12,14H,7-9H2,1H3/t11-,12-/m0/s1. The van der Waals surface area contributed by atoms with Crippen LogP contribution in [0.3, 0.4) is 0 Å². The highest BCUT2D eigenvalue weighted by molar-refractivity contribution is 7.86. The molecule has 1 saturated heterocycles. The van der Waals surface area contributed by atoms with Crippen molar-refractivity contribution in [3.05, 3.63) is 35.9 Å². The Labute approximate surface area is 118 Å². The lowest BCUT2D eigenvalue weighted by Gasteiger charge is -2.10. The Morgan fingerprint density at radius 2 is 2.05 bits per heavy atom. The van der Waals surface area contributed by atoms with E-state index in [0.29, 0.717) is 13.0 Å². The van der Waals surface area contributed by atoms with Crippen LogP contribution in [0.5, 0.6) is 0 Å². The zero-order chi connectivity index (χ0) is 14.6. The van der Waals surface area contributed by atoms with Gasteiger partial charge in [0.25, 0.3) is 10.1 Å². The highest BCUT2D eigenvalue weighted by Crippen LogP contribution is 2.14. The third kappa shape index (κ3) is 4.59. The van der Waals surface area contributed by atoms with Crippen LogP contribution in [0.25, 0.3) is 0 Å². The number of hydrogen-bond acceptors (Lipinski definition) is 6. The molecule has 0 aliphatic carbocycles. The smallest absolute Gasteiger partial charge is 0.323 e. The van der Waals surface area contributed by atoms with Gasteiger partial charge >= 0.3 is 5.97 Å². The van der Waals surface area contributed by atoms with E-state index in [4.69, 9.17) is 8.92 Å². The topological polar surface area (TPSA) is 81.7 Å². The first-order valence-corrected chi connectivity index (χ1v) is 8.08. The van der Waals surface area contributed by atoms with E-state index in [1.165, 1.54) is 0 Å². The summed E-state index contributed by atoms with van der Waals surface area (Å²) in [6, 6.07) is 8.83. The number of rotatable bonds is 5. The maximum Gasteiger partial charge on any atom is 0.323 e. The molecule has 6 nitrogen and oxygen atoms in total. The Hall–Kier alpha value is -1.44. The molecular weight excluding hydrogens is 282 g/mol. The van der Waals surface area contributed by atoms with Gasteiger partial charge in [-0.2, -0.15) is 8.42 Å². The molecule has 1 fully saturated rings. The second-order valence-electron chi connectivity index (χ2n) is 4.71. The molecule has 0 unspecified atom stereocenters. The van der Waals surface area contributed by atoms with Gasteiger partial charge in [-0.15, -0.1) is 0 Å². The molecule has 1 aromatic rings. The maximum absolute atomic E-state index is 11.8. The number of ether oxygens (including phenoxy) is 1. The molecule has 20 heavy (non-hydrogen) atoms. The lowest BCUT2D eigenvalue weighted by atomic mass is 10.2. The minimum Gasteiger partial charge on any atom is -0.460 e. The van der Waals surface area contributed by atoms with Crippen molar-refractivity contribution in [2.75, 3.05) is 12.8 Å². The van der Waals surface area contributed by atoms with Crippen LogP contribution in [0.2, 0.25) is 0 Å². The summed E-state index contributed by atoms with van der Waals surface area (Å²) < 4.78 is 32.0. The Balaban J connectivity index is 1.80. The van der Waals surface area contributed by atoms with Gasteiger partial charge in [-0.25, -0.2) is 0 Å². The van der Waals surface area contributed by atoms with Crippen LogP contribution in [0.1, 0.15) is 12.0 Å². The van der Waals surface area contributed by atoms with Gasteiger partial charge in [0.05, 0.1) is 12.4 Å². The minimum atomic E-state index is -3.50. The monoisotopic (exact) mass is 299 g/mol. The van der Waals surface area contributed by atoms with Crippen molar-refractivity contribution >= 4 is 16.1 Å². The molecule has 0 saturated carbocycles. The molecule has 110 valence electrons. The van der Waals surface area contributed by atoms with Gasteiger partial charge in [0.1, 0.15) is 12.6 Å². The van der Waals surface area contributed by atoms with E-state index in [0.717, 1.165) is 11.8 Å². The van der Waals surface area contributed by atoms with Crippen LogP contribution >= 0.6 is 0 Å². The van der Waals surface area contributed by atoms with Crippen LogP contribution in [0.15, 0.2) is 30.3 Å². The molecule has 1 aliphatic rings. The molecule has 1 aliphatic heterocycles. The van der Waals surface area contributed by atoms with Crippen LogP contribution in [-0.2, 0) is 30.4 Å². The van der Waals surface area contributed by atoms with Gasteiger partial charge in [0.15, 0.2) is 0 Å². The summed E-state index contributed by atoms with van der Waals surface area (Å²) in [5.74, 6) is -0.395. The number of carbonyl (C=O) groups is 1. The first-order valence-electron chi connectivity index (χ1n) is 6.26. The summed E-state index contributed by atoms with van der Waals surface area (Å²) in [6.07, 6.45) is 0.772. The van der Waals surface area contributed by atoms with Crippen LogP contribution in [0, 0.1) is 0 Å². The summed E-state index contributed by atoms with van der Waals surface area (Å²) >= 11 is 0. The fourth-order valence-electron chi connectivity index (χ4n) is 2.03. The van der Waals surface area contributed by atoms with E-state index in [9.17, 15) is 13.2 Å². The zero-order valence-electron chi connectivity index (χ0n) is 11.1. The fraction of sp³-hybridized carbons (Fsp3) is 0.462. The molecule has 0 spiro atoms. The van der Waals surface area contributed by atoms with E-state index < -0.39 is 28.2 Å². The van der Waals surface area contributed by atoms with E-state index in [2.05, 4.69) is 5.32 Å². The number of esters is 1. The Kier molecular flexibility index (Phi) is 4.74. The molecule has 0 radical (unpaired) electrons. The van der Waals surface area contributed by atoms with Crippen molar-refractivity contribution in [1.82, 2.24) is 5.32 Å². The Morgan fingerprint density at radius 1 is 1.35 bits per heavy atom. The molecule has 2 atom stereocenters. The Morgan fingerprint density at radius 3 is 2.70 bits per heavy atom. The normalized spacial score (nSPS) is 22.6. The molecule has 7 heteroatoms. The Bertz CT molecular complexity index is 557. The lowest BCUT2D eigenvalue weighted by Crippen LogP contribution is -2.32. The first-order chi connectivity index (χ1) is 9.44. The number of hydrogen-bond donors (Lipinski definition) is 1. The van der Waals surface area contributed by atoms with Gasteiger partial charge < -0.3 is 10.1 Å². The van der Waals surface area contributed by atoms with E-state index in [-0.39, 0.29) is 6.61 Å². The van der Waals surface area contributed by atoms with Gasteiger partial charge in [-0.05, 0) is 5.56 Å². The van der Waals surface area contributed by atoms with Gasteiger partial charge in [-0.1, -0.05) is 30.3 Å². The van der Waals surface area contributed by atoms with Crippen molar-refractivity contribution in [3.63, 3.8) is 0 Å². The largest absolute Gasteiger partial charge is 0.460 e. The van der Waals surface area contributed by atoms with Crippen LogP contribution < -0.4 is 5.32 Å². The van der Waals surface area contributed by atoms with E-state index in [1.807, 2.05) is 30.3 Å². The van der Waals surface area contributed by atoms with Gasteiger partial charge in [0.2, 0.25) is 0 Å².